The lowest BCUT2D eigenvalue weighted by Crippen LogP contribution is -2.36. The maximum absolute atomic E-state index is 3.10. The Morgan fingerprint density at radius 1 is 1.31 bits per heavy atom. The fourth-order valence-corrected chi connectivity index (χ4v) is 1.72. The molecule has 0 aromatic carbocycles. The Kier molecular flexibility index (Phi) is 4.58. The van der Waals surface area contributed by atoms with Gasteiger partial charge in [0, 0.05) is 0 Å². The minimum atomic E-state index is 0.692. The smallest absolute Gasteiger partial charge is 0.241 e. The zero-order chi connectivity index (χ0) is 9.52. The number of rotatable bonds is 6. The van der Waals surface area contributed by atoms with Crippen LogP contribution in [0, 0.1) is 0 Å². The first-order valence-electron chi connectivity index (χ1n) is 5.42. The van der Waals surface area contributed by atoms with E-state index in [4.69, 9.17) is 0 Å². The molecule has 1 rings (SSSR count). The summed E-state index contributed by atoms with van der Waals surface area (Å²) < 4.78 is 2.29. The van der Waals surface area contributed by atoms with E-state index in [1.807, 2.05) is 6.20 Å². The number of H-pyrrole nitrogens is 1. The van der Waals surface area contributed by atoms with Gasteiger partial charge in [-0.15, -0.1) is 0 Å². The molecule has 0 fully saturated rings. The van der Waals surface area contributed by atoms with Crippen molar-refractivity contribution < 1.29 is 4.57 Å². The highest BCUT2D eigenvalue weighted by Crippen LogP contribution is 2.12. The monoisotopic (exact) mass is 181 g/mol. The first-order chi connectivity index (χ1) is 6.38. The molecule has 0 bridgehead atoms. The van der Waals surface area contributed by atoms with Crippen molar-refractivity contribution in [2.24, 2.45) is 0 Å². The van der Waals surface area contributed by atoms with Crippen molar-refractivity contribution in [1.29, 1.82) is 0 Å². The molecular formula is C11H21N2+. The SMILES string of the molecule is CCCCCC(CC)[n+]1cc[nH]c1. The second-order valence-electron chi connectivity index (χ2n) is 3.62. The average Bonchev–Trinajstić information content (AvgIpc) is 2.65. The second kappa shape index (κ2) is 5.79. The van der Waals surface area contributed by atoms with Gasteiger partial charge in [-0.3, -0.25) is 4.98 Å². The largest absolute Gasteiger partial charge is 0.250 e. The molecule has 1 atom stereocenters. The number of aromatic amines is 1. The van der Waals surface area contributed by atoms with Gasteiger partial charge in [-0.25, -0.2) is 4.57 Å². The van der Waals surface area contributed by atoms with Crippen LogP contribution in [0.5, 0.6) is 0 Å². The van der Waals surface area contributed by atoms with Crippen molar-refractivity contribution in [2.75, 3.05) is 0 Å². The minimum absolute atomic E-state index is 0.692. The van der Waals surface area contributed by atoms with Crippen LogP contribution in [0.2, 0.25) is 0 Å². The maximum Gasteiger partial charge on any atom is 0.241 e. The normalized spacial score (nSPS) is 13.1. The molecule has 1 heterocycles. The molecule has 0 saturated carbocycles. The van der Waals surface area contributed by atoms with Crippen molar-refractivity contribution in [3.05, 3.63) is 18.7 Å². The van der Waals surface area contributed by atoms with Crippen LogP contribution >= 0.6 is 0 Å². The van der Waals surface area contributed by atoms with Gasteiger partial charge in [-0.2, -0.15) is 0 Å². The highest BCUT2D eigenvalue weighted by molar-refractivity contribution is 4.59. The third-order valence-corrected chi connectivity index (χ3v) is 2.60. The summed E-state index contributed by atoms with van der Waals surface area (Å²) >= 11 is 0. The van der Waals surface area contributed by atoms with Crippen LogP contribution in [0.4, 0.5) is 0 Å². The van der Waals surface area contributed by atoms with Crippen molar-refractivity contribution in [2.45, 2.75) is 52.0 Å². The predicted molar refractivity (Wildman–Crippen MR) is 54.5 cm³/mol. The highest BCUT2D eigenvalue weighted by Gasteiger charge is 2.11. The van der Waals surface area contributed by atoms with E-state index < -0.39 is 0 Å². The summed E-state index contributed by atoms with van der Waals surface area (Å²) in [6.07, 6.45) is 12.7. The molecule has 0 aliphatic heterocycles. The van der Waals surface area contributed by atoms with Gasteiger partial charge in [0.05, 0.1) is 0 Å². The molecule has 0 aliphatic rings. The lowest BCUT2D eigenvalue weighted by Gasteiger charge is -2.10. The van der Waals surface area contributed by atoms with Crippen LogP contribution in [0.1, 0.15) is 52.0 Å². The Balaban J connectivity index is 2.35. The Bertz CT molecular complexity index is 204. The first-order valence-corrected chi connectivity index (χ1v) is 5.42. The van der Waals surface area contributed by atoms with Gasteiger partial charge in [-0.1, -0.05) is 26.7 Å². The summed E-state index contributed by atoms with van der Waals surface area (Å²) in [6, 6.07) is 0.692. The van der Waals surface area contributed by atoms with Crippen LogP contribution in [0.25, 0.3) is 0 Å². The molecule has 2 nitrogen and oxygen atoms in total. The number of hydrogen-bond donors (Lipinski definition) is 1. The van der Waals surface area contributed by atoms with Crippen LogP contribution < -0.4 is 4.57 Å². The predicted octanol–water partition coefficient (Wildman–Crippen LogP) is 2.83. The van der Waals surface area contributed by atoms with Crippen molar-refractivity contribution in [3.63, 3.8) is 0 Å². The quantitative estimate of drug-likeness (QED) is 0.514. The number of aromatic nitrogens is 2. The lowest BCUT2D eigenvalue weighted by molar-refractivity contribution is -0.722. The fraction of sp³-hybridized carbons (Fsp3) is 0.727. The molecule has 0 radical (unpaired) electrons. The second-order valence-corrected chi connectivity index (χ2v) is 3.62. The van der Waals surface area contributed by atoms with E-state index in [1.165, 1.54) is 32.1 Å². The summed E-state index contributed by atoms with van der Waals surface area (Å²) in [5, 5.41) is 0. The lowest BCUT2D eigenvalue weighted by atomic mass is 10.1. The molecule has 1 N–H and O–H groups in total. The molecule has 74 valence electrons. The molecule has 1 aromatic rings. The molecule has 1 aromatic heterocycles. The number of nitrogens with one attached hydrogen (secondary N) is 1. The van der Waals surface area contributed by atoms with Gasteiger partial charge in [-0.05, 0) is 19.3 Å². The van der Waals surface area contributed by atoms with E-state index >= 15 is 0 Å². The molecule has 0 amide bonds. The molecule has 13 heavy (non-hydrogen) atoms. The zero-order valence-electron chi connectivity index (χ0n) is 8.79. The summed E-state index contributed by atoms with van der Waals surface area (Å²) in [5.74, 6) is 0. The molecule has 0 saturated heterocycles. The molecule has 2 heteroatoms. The first kappa shape index (κ1) is 10.3. The van der Waals surface area contributed by atoms with Crippen LogP contribution in [0.15, 0.2) is 18.7 Å². The van der Waals surface area contributed by atoms with Crippen molar-refractivity contribution in [1.82, 2.24) is 4.98 Å². The number of hydrogen-bond acceptors (Lipinski definition) is 0. The van der Waals surface area contributed by atoms with Gasteiger partial charge in [0.2, 0.25) is 6.33 Å². The van der Waals surface area contributed by atoms with E-state index in [0.29, 0.717) is 6.04 Å². The van der Waals surface area contributed by atoms with Crippen molar-refractivity contribution in [3.8, 4) is 0 Å². The Morgan fingerprint density at radius 2 is 2.15 bits per heavy atom. The summed E-state index contributed by atoms with van der Waals surface area (Å²) in [6.45, 7) is 4.51. The van der Waals surface area contributed by atoms with Crippen LogP contribution in [-0.2, 0) is 0 Å². The van der Waals surface area contributed by atoms with Crippen LogP contribution in [0.3, 0.4) is 0 Å². The third kappa shape index (κ3) is 3.21. The van der Waals surface area contributed by atoms with E-state index in [9.17, 15) is 0 Å². The van der Waals surface area contributed by atoms with Crippen molar-refractivity contribution >= 4 is 0 Å². The van der Waals surface area contributed by atoms with E-state index in [0.717, 1.165) is 0 Å². The Morgan fingerprint density at radius 3 is 2.69 bits per heavy atom. The summed E-state index contributed by atoms with van der Waals surface area (Å²) in [7, 11) is 0. The fourth-order valence-electron chi connectivity index (χ4n) is 1.72. The van der Waals surface area contributed by atoms with Gasteiger partial charge < -0.3 is 0 Å². The van der Waals surface area contributed by atoms with E-state index in [1.54, 1.807) is 0 Å². The van der Waals surface area contributed by atoms with Gasteiger partial charge in [0.1, 0.15) is 18.4 Å². The number of nitrogens with zero attached hydrogens (tertiary/aromatic N) is 1. The molecular weight excluding hydrogens is 160 g/mol. The molecule has 1 unspecified atom stereocenters. The van der Waals surface area contributed by atoms with Gasteiger partial charge in [0.15, 0.2) is 0 Å². The van der Waals surface area contributed by atoms with E-state index in [-0.39, 0.29) is 0 Å². The third-order valence-electron chi connectivity index (χ3n) is 2.60. The van der Waals surface area contributed by atoms with Gasteiger partial charge >= 0.3 is 0 Å². The maximum atomic E-state index is 3.10. The summed E-state index contributed by atoms with van der Waals surface area (Å²) in [5.41, 5.74) is 0. The Labute approximate surface area is 81.0 Å². The molecule has 0 aliphatic carbocycles. The van der Waals surface area contributed by atoms with Crippen LogP contribution in [-0.4, -0.2) is 4.98 Å². The standard InChI is InChI=1S/C11H20N2/c1-3-5-6-7-11(4-2)13-9-8-12-10-13/h8-11H,3-7H2,1-2H3/p+1. The minimum Gasteiger partial charge on any atom is -0.250 e. The molecule has 0 spiro atoms. The average molecular weight is 181 g/mol. The zero-order valence-corrected chi connectivity index (χ0v) is 8.79. The van der Waals surface area contributed by atoms with Gasteiger partial charge in [0.25, 0.3) is 0 Å². The highest BCUT2D eigenvalue weighted by atomic mass is 15.0. The van der Waals surface area contributed by atoms with E-state index in [2.05, 4.69) is 35.9 Å². The summed E-state index contributed by atoms with van der Waals surface area (Å²) in [4.78, 5) is 3.10. The Hall–Kier alpha value is -0.790. The number of imidazole rings is 1. The topological polar surface area (TPSA) is 19.7 Å². The number of unbranched alkanes of at least 4 members (excludes halogenated alkanes) is 2.